The monoisotopic (exact) mass is 250 g/mol. The zero-order valence-corrected chi connectivity index (χ0v) is 11.2. The van der Waals surface area contributed by atoms with E-state index in [1.54, 1.807) is 14.2 Å². The van der Waals surface area contributed by atoms with E-state index < -0.39 is 0 Å². The summed E-state index contributed by atoms with van der Waals surface area (Å²) >= 11 is 0. The van der Waals surface area contributed by atoms with Gasteiger partial charge in [0.1, 0.15) is 11.5 Å². The highest BCUT2D eigenvalue weighted by Gasteiger charge is 2.12. The van der Waals surface area contributed by atoms with Crippen LogP contribution < -0.4 is 20.1 Å². The molecule has 1 aromatic carbocycles. The van der Waals surface area contributed by atoms with Gasteiger partial charge >= 0.3 is 0 Å². The molecule has 0 radical (unpaired) electrons. The molecule has 18 heavy (non-hydrogen) atoms. The van der Waals surface area contributed by atoms with Crippen molar-refractivity contribution in [3.8, 4) is 11.5 Å². The number of hydrogen-bond donors (Lipinski definition) is 2. The van der Waals surface area contributed by atoms with Crippen LogP contribution in [0.3, 0.4) is 0 Å². The zero-order valence-electron chi connectivity index (χ0n) is 11.2. The molecule has 1 unspecified atom stereocenters. The number of ether oxygens (including phenoxy) is 2. The lowest BCUT2D eigenvalue weighted by molar-refractivity contribution is 0.394. The van der Waals surface area contributed by atoms with Gasteiger partial charge in [0.05, 0.1) is 14.2 Å². The minimum atomic E-state index is 0.525. The summed E-state index contributed by atoms with van der Waals surface area (Å²) in [6.45, 7) is 2.21. The number of hydrogen-bond acceptors (Lipinski definition) is 4. The predicted molar refractivity (Wildman–Crippen MR) is 73.7 cm³/mol. The molecular weight excluding hydrogens is 228 g/mol. The van der Waals surface area contributed by atoms with E-state index in [0.717, 1.165) is 36.7 Å². The summed E-state index contributed by atoms with van der Waals surface area (Å²) in [6.07, 6.45) is 3.57. The van der Waals surface area contributed by atoms with Crippen LogP contribution in [0, 0.1) is 0 Å². The normalized spacial score (nSPS) is 20.0. The van der Waals surface area contributed by atoms with Crippen LogP contribution in [0.2, 0.25) is 0 Å². The van der Waals surface area contributed by atoms with Crippen molar-refractivity contribution in [3.63, 3.8) is 0 Å². The highest BCUT2D eigenvalue weighted by Crippen LogP contribution is 2.27. The third-order valence-corrected chi connectivity index (χ3v) is 3.30. The van der Waals surface area contributed by atoms with Crippen molar-refractivity contribution in [1.82, 2.24) is 5.32 Å². The van der Waals surface area contributed by atoms with Crippen molar-refractivity contribution in [1.29, 1.82) is 0 Å². The van der Waals surface area contributed by atoms with Gasteiger partial charge in [-0.1, -0.05) is 0 Å². The highest BCUT2D eigenvalue weighted by atomic mass is 16.5. The predicted octanol–water partition coefficient (Wildman–Crippen LogP) is 2.26. The molecule has 0 bridgehead atoms. The lowest BCUT2D eigenvalue weighted by atomic mass is 10.1. The summed E-state index contributed by atoms with van der Waals surface area (Å²) in [5.41, 5.74) is 1.07. The Morgan fingerprint density at radius 1 is 1.06 bits per heavy atom. The number of methoxy groups -OCH3 is 2. The molecular formula is C14H22N2O2. The van der Waals surface area contributed by atoms with Gasteiger partial charge in [-0.15, -0.1) is 0 Å². The lowest BCUT2D eigenvalue weighted by Gasteiger charge is -2.18. The van der Waals surface area contributed by atoms with Gasteiger partial charge in [-0.3, -0.25) is 0 Å². The lowest BCUT2D eigenvalue weighted by Crippen LogP contribution is -2.21. The second-order valence-electron chi connectivity index (χ2n) is 4.62. The Morgan fingerprint density at radius 2 is 1.78 bits per heavy atom. The second-order valence-corrected chi connectivity index (χ2v) is 4.62. The van der Waals surface area contributed by atoms with Gasteiger partial charge in [0, 0.05) is 29.9 Å². The second kappa shape index (κ2) is 6.50. The van der Waals surface area contributed by atoms with Crippen LogP contribution in [0.15, 0.2) is 18.2 Å². The fraction of sp³-hybridized carbons (Fsp3) is 0.571. The first-order valence-electron chi connectivity index (χ1n) is 6.52. The maximum absolute atomic E-state index is 5.28. The molecule has 4 heteroatoms. The number of anilines is 1. The third-order valence-electron chi connectivity index (χ3n) is 3.30. The van der Waals surface area contributed by atoms with E-state index >= 15 is 0 Å². The van der Waals surface area contributed by atoms with Crippen LogP contribution in [0.1, 0.15) is 19.3 Å². The van der Waals surface area contributed by atoms with Crippen molar-refractivity contribution >= 4 is 5.69 Å². The molecule has 0 aliphatic carbocycles. The minimum absolute atomic E-state index is 0.525. The van der Waals surface area contributed by atoms with Crippen LogP contribution in [-0.2, 0) is 0 Å². The number of nitrogens with one attached hydrogen (secondary N) is 2. The van der Waals surface area contributed by atoms with Gasteiger partial charge in [0.2, 0.25) is 0 Å². The molecule has 0 aromatic heterocycles. The average Bonchev–Trinajstić information content (AvgIpc) is 2.67. The molecule has 1 saturated heterocycles. The van der Waals surface area contributed by atoms with Crippen molar-refractivity contribution in [2.45, 2.75) is 25.3 Å². The summed E-state index contributed by atoms with van der Waals surface area (Å²) in [5, 5.41) is 6.99. The SMILES string of the molecule is COc1cc(NC2CCCNCC2)cc(OC)c1. The maximum atomic E-state index is 5.28. The van der Waals surface area contributed by atoms with Gasteiger partial charge in [-0.2, -0.15) is 0 Å². The Balaban J connectivity index is 2.06. The molecule has 1 heterocycles. The van der Waals surface area contributed by atoms with Gasteiger partial charge in [0.15, 0.2) is 0 Å². The minimum Gasteiger partial charge on any atom is -0.497 e. The molecule has 0 saturated carbocycles. The molecule has 4 nitrogen and oxygen atoms in total. The molecule has 2 N–H and O–H groups in total. The molecule has 1 atom stereocenters. The highest BCUT2D eigenvalue weighted by molar-refractivity contribution is 5.54. The topological polar surface area (TPSA) is 42.5 Å². The molecule has 2 rings (SSSR count). The summed E-state index contributed by atoms with van der Waals surface area (Å²) in [6, 6.07) is 6.44. The fourth-order valence-electron chi connectivity index (χ4n) is 2.29. The Morgan fingerprint density at radius 3 is 2.44 bits per heavy atom. The van der Waals surface area contributed by atoms with Crippen LogP contribution in [-0.4, -0.2) is 33.4 Å². The summed E-state index contributed by atoms with van der Waals surface area (Å²) in [7, 11) is 3.35. The molecule has 1 aliphatic heterocycles. The fourth-order valence-corrected chi connectivity index (χ4v) is 2.29. The van der Waals surface area contributed by atoms with E-state index in [9.17, 15) is 0 Å². The first kappa shape index (κ1) is 13.0. The quantitative estimate of drug-likeness (QED) is 0.860. The maximum Gasteiger partial charge on any atom is 0.124 e. The molecule has 1 aromatic rings. The molecule has 0 spiro atoms. The first-order chi connectivity index (χ1) is 8.81. The van der Waals surface area contributed by atoms with Crippen LogP contribution in [0.25, 0.3) is 0 Å². The van der Waals surface area contributed by atoms with E-state index in [4.69, 9.17) is 9.47 Å². The van der Waals surface area contributed by atoms with E-state index in [0.29, 0.717) is 6.04 Å². The number of rotatable bonds is 4. The van der Waals surface area contributed by atoms with Gasteiger partial charge in [0.25, 0.3) is 0 Å². The van der Waals surface area contributed by atoms with Crippen LogP contribution >= 0.6 is 0 Å². The number of benzene rings is 1. The van der Waals surface area contributed by atoms with Crippen molar-refractivity contribution < 1.29 is 9.47 Å². The Hall–Kier alpha value is -1.42. The smallest absolute Gasteiger partial charge is 0.124 e. The molecule has 1 aliphatic rings. The molecule has 1 fully saturated rings. The van der Waals surface area contributed by atoms with Crippen LogP contribution in [0.5, 0.6) is 11.5 Å². The average molecular weight is 250 g/mol. The van der Waals surface area contributed by atoms with E-state index in [-0.39, 0.29) is 0 Å². The van der Waals surface area contributed by atoms with E-state index in [2.05, 4.69) is 10.6 Å². The van der Waals surface area contributed by atoms with E-state index in [1.807, 2.05) is 18.2 Å². The van der Waals surface area contributed by atoms with Gasteiger partial charge in [-0.05, 0) is 32.4 Å². The largest absolute Gasteiger partial charge is 0.497 e. The van der Waals surface area contributed by atoms with Crippen molar-refractivity contribution in [2.24, 2.45) is 0 Å². The Kier molecular flexibility index (Phi) is 4.70. The Labute approximate surface area is 109 Å². The standard InChI is InChI=1S/C14H22N2O2/c1-17-13-8-12(9-14(10-13)18-2)16-11-4-3-6-15-7-5-11/h8-11,15-16H,3-7H2,1-2H3. The summed E-state index contributed by atoms with van der Waals surface area (Å²) in [4.78, 5) is 0. The molecule has 100 valence electrons. The van der Waals surface area contributed by atoms with Gasteiger partial charge in [-0.25, -0.2) is 0 Å². The van der Waals surface area contributed by atoms with Crippen molar-refractivity contribution in [3.05, 3.63) is 18.2 Å². The van der Waals surface area contributed by atoms with Gasteiger partial charge < -0.3 is 20.1 Å². The first-order valence-corrected chi connectivity index (χ1v) is 6.52. The van der Waals surface area contributed by atoms with E-state index in [1.165, 1.54) is 12.8 Å². The van der Waals surface area contributed by atoms with Crippen LogP contribution in [0.4, 0.5) is 5.69 Å². The van der Waals surface area contributed by atoms with Crippen molar-refractivity contribution in [2.75, 3.05) is 32.6 Å². The Bertz CT molecular complexity index is 352. The molecule has 0 amide bonds. The summed E-state index contributed by atoms with van der Waals surface area (Å²) < 4.78 is 10.6. The third kappa shape index (κ3) is 3.53. The zero-order chi connectivity index (χ0) is 12.8. The summed E-state index contributed by atoms with van der Waals surface area (Å²) in [5.74, 6) is 1.65.